The van der Waals surface area contributed by atoms with Crippen LogP contribution >= 0.6 is 22.9 Å². The number of fused-ring (bicyclic) bond motifs is 2. The topological polar surface area (TPSA) is 69.8 Å². The van der Waals surface area contributed by atoms with Crippen LogP contribution < -0.4 is 11.2 Å². The van der Waals surface area contributed by atoms with Crippen LogP contribution in [0.2, 0.25) is 5.02 Å². The summed E-state index contributed by atoms with van der Waals surface area (Å²) in [6.45, 7) is 0.174. The first-order valence-corrected chi connectivity index (χ1v) is 12.1. The third-order valence-electron chi connectivity index (χ3n) is 5.92. The minimum absolute atomic E-state index is 0.174. The van der Waals surface area contributed by atoms with Crippen LogP contribution in [0.25, 0.3) is 37.1 Å². The minimum Gasteiger partial charge on any atom is -0.286 e. The molecule has 0 aliphatic heterocycles. The maximum atomic E-state index is 13.9. The van der Waals surface area contributed by atoms with Crippen LogP contribution in [-0.2, 0) is 6.54 Å². The van der Waals surface area contributed by atoms with Gasteiger partial charge in [0.05, 0.1) is 23.4 Å². The lowest BCUT2D eigenvalue weighted by atomic mass is 10.1. The third kappa shape index (κ3) is 3.65. The smallest absolute Gasteiger partial charge is 0.286 e. The first-order chi connectivity index (χ1) is 17.1. The summed E-state index contributed by atoms with van der Waals surface area (Å²) in [4.78, 5) is 28.6. The predicted molar refractivity (Wildman–Crippen MR) is 141 cm³/mol. The van der Waals surface area contributed by atoms with Crippen molar-refractivity contribution in [2.45, 2.75) is 6.54 Å². The van der Waals surface area contributed by atoms with Crippen molar-refractivity contribution in [2.24, 2.45) is 0 Å². The Bertz CT molecular complexity index is 1840. The Morgan fingerprint density at radius 1 is 0.886 bits per heavy atom. The van der Waals surface area contributed by atoms with Crippen molar-refractivity contribution in [3.63, 3.8) is 0 Å². The zero-order valence-electron chi connectivity index (χ0n) is 18.3. The van der Waals surface area contributed by atoms with Gasteiger partial charge in [0.25, 0.3) is 5.56 Å². The Hall–Kier alpha value is -4.07. The molecule has 3 heterocycles. The molecular weight excluding hydrogens is 480 g/mol. The van der Waals surface area contributed by atoms with E-state index < -0.39 is 5.69 Å². The molecule has 0 fully saturated rings. The van der Waals surface area contributed by atoms with E-state index >= 15 is 0 Å². The van der Waals surface area contributed by atoms with Gasteiger partial charge >= 0.3 is 5.69 Å². The van der Waals surface area contributed by atoms with Crippen molar-refractivity contribution in [3.05, 3.63) is 123 Å². The maximum Gasteiger partial charge on any atom is 0.336 e. The molecule has 0 spiro atoms. The monoisotopic (exact) mass is 496 g/mol. The van der Waals surface area contributed by atoms with Crippen LogP contribution in [0.4, 0.5) is 0 Å². The van der Waals surface area contributed by atoms with Crippen LogP contribution in [0.5, 0.6) is 0 Å². The highest BCUT2D eigenvalue weighted by atomic mass is 35.5. The number of aromatic nitrogens is 4. The van der Waals surface area contributed by atoms with Crippen LogP contribution in [0.3, 0.4) is 0 Å². The molecular formula is C27H17ClN4O2S. The normalized spacial score (nSPS) is 11.3. The summed E-state index contributed by atoms with van der Waals surface area (Å²) in [5.41, 5.74) is 1.71. The fourth-order valence-electron chi connectivity index (χ4n) is 4.29. The lowest BCUT2D eigenvalue weighted by Crippen LogP contribution is -2.38. The van der Waals surface area contributed by atoms with Crippen molar-refractivity contribution in [1.82, 2.24) is 19.3 Å². The Labute approximate surface area is 208 Å². The molecule has 6 rings (SSSR count). The molecule has 0 saturated heterocycles. The summed E-state index contributed by atoms with van der Waals surface area (Å²) >= 11 is 7.78. The third-order valence-corrected chi connectivity index (χ3v) is 7.39. The minimum atomic E-state index is -0.437. The van der Waals surface area contributed by atoms with Gasteiger partial charge in [-0.1, -0.05) is 66.2 Å². The van der Waals surface area contributed by atoms with Gasteiger partial charge in [0.15, 0.2) is 0 Å². The molecule has 0 atom stereocenters. The van der Waals surface area contributed by atoms with E-state index in [0.717, 1.165) is 21.2 Å². The molecule has 3 aromatic heterocycles. The zero-order chi connectivity index (χ0) is 23.9. The molecule has 0 amide bonds. The van der Waals surface area contributed by atoms with E-state index in [4.69, 9.17) is 11.6 Å². The Balaban J connectivity index is 1.70. The second-order valence-corrected chi connectivity index (χ2v) is 9.49. The predicted octanol–water partition coefficient (Wildman–Crippen LogP) is 5.53. The molecule has 6 aromatic rings. The molecule has 0 radical (unpaired) electrons. The van der Waals surface area contributed by atoms with Crippen molar-refractivity contribution in [2.75, 3.05) is 0 Å². The molecule has 35 heavy (non-hydrogen) atoms. The van der Waals surface area contributed by atoms with Crippen molar-refractivity contribution in [1.29, 1.82) is 0 Å². The van der Waals surface area contributed by atoms with Crippen molar-refractivity contribution < 1.29 is 0 Å². The highest BCUT2D eigenvalue weighted by Crippen LogP contribution is 2.35. The summed E-state index contributed by atoms with van der Waals surface area (Å²) in [7, 11) is 0. The van der Waals surface area contributed by atoms with Gasteiger partial charge in [0.1, 0.15) is 4.70 Å². The summed E-state index contributed by atoms with van der Waals surface area (Å²) in [5, 5.41) is 10.5. The average molecular weight is 497 g/mol. The molecule has 0 bridgehead atoms. The van der Waals surface area contributed by atoms with Gasteiger partial charge in [-0.15, -0.1) is 11.3 Å². The van der Waals surface area contributed by atoms with Gasteiger partial charge < -0.3 is 0 Å². The zero-order valence-corrected chi connectivity index (χ0v) is 19.8. The fraction of sp³-hybridized carbons (Fsp3) is 0.0370. The largest absolute Gasteiger partial charge is 0.336 e. The summed E-state index contributed by atoms with van der Waals surface area (Å²) < 4.78 is 3.31. The second-order valence-electron chi connectivity index (χ2n) is 8.03. The molecule has 0 aliphatic carbocycles. The first kappa shape index (κ1) is 21.5. The number of halogens is 1. The van der Waals surface area contributed by atoms with E-state index in [1.807, 2.05) is 66.7 Å². The van der Waals surface area contributed by atoms with Gasteiger partial charge in [-0.25, -0.2) is 9.36 Å². The lowest BCUT2D eigenvalue weighted by molar-refractivity contribution is 0.695. The Morgan fingerprint density at radius 2 is 1.69 bits per heavy atom. The van der Waals surface area contributed by atoms with Gasteiger partial charge in [-0.05, 0) is 35.7 Å². The van der Waals surface area contributed by atoms with Gasteiger partial charge in [-0.2, -0.15) is 10.2 Å². The highest BCUT2D eigenvalue weighted by molar-refractivity contribution is 7.22. The molecule has 6 nitrogen and oxygen atoms in total. The number of nitrogens with zero attached hydrogens (tertiary/aromatic N) is 4. The van der Waals surface area contributed by atoms with E-state index in [1.165, 1.54) is 15.9 Å². The van der Waals surface area contributed by atoms with Crippen LogP contribution in [-0.4, -0.2) is 19.3 Å². The van der Waals surface area contributed by atoms with Crippen molar-refractivity contribution >= 4 is 43.9 Å². The lowest BCUT2D eigenvalue weighted by Gasteiger charge is -2.13. The molecule has 0 aliphatic rings. The number of benzene rings is 3. The van der Waals surface area contributed by atoms with Gasteiger partial charge in [0.2, 0.25) is 0 Å². The van der Waals surface area contributed by atoms with E-state index in [0.29, 0.717) is 26.6 Å². The SMILES string of the molecule is O=c1c2sc(-c3ccccc3Cl)cc2n(Cc2cccnn2)c(=O)n1-c1cccc2ccccc12. The molecule has 3 aromatic carbocycles. The number of thiophene rings is 1. The van der Waals surface area contributed by atoms with E-state index in [2.05, 4.69) is 10.2 Å². The van der Waals surface area contributed by atoms with Crippen LogP contribution in [0, 0.1) is 0 Å². The molecule has 0 unspecified atom stereocenters. The molecule has 8 heteroatoms. The van der Waals surface area contributed by atoms with Crippen LogP contribution in [0.1, 0.15) is 5.69 Å². The number of hydrogen-bond donors (Lipinski definition) is 0. The molecule has 170 valence electrons. The van der Waals surface area contributed by atoms with E-state index in [1.54, 1.807) is 29.0 Å². The molecule has 0 N–H and O–H groups in total. The Kier molecular flexibility index (Phi) is 5.28. The highest BCUT2D eigenvalue weighted by Gasteiger charge is 2.20. The second kappa shape index (κ2) is 8.61. The van der Waals surface area contributed by atoms with Gasteiger partial charge in [0, 0.05) is 27.0 Å². The molecule has 0 saturated carbocycles. The van der Waals surface area contributed by atoms with E-state index in [9.17, 15) is 9.59 Å². The van der Waals surface area contributed by atoms with Gasteiger partial charge in [-0.3, -0.25) is 9.36 Å². The number of hydrogen-bond acceptors (Lipinski definition) is 5. The van der Waals surface area contributed by atoms with E-state index in [-0.39, 0.29) is 12.1 Å². The first-order valence-electron chi connectivity index (χ1n) is 10.9. The fourth-order valence-corrected chi connectivity index (χ4v) is 5.71. The quantitative estimate of drug-likeness (QED) is 0.322. The Morgan fingerprint density at radius 3 is 2.51 bits per heavy atom. The van der Waals surface area contributed by atoms with Crippen LogP contribution in [0.15, 0.2) is 101 Å². The standard InChI is InChI=1S/C27H17ClN4O2S/c28-21-12-4-3-11-20(21)24-15-23-25(35-24)26(33)32(22-13-5-8-17-7-1-2-10-19(17)22)27(34)31(23)16-18-9-6-14-29-30-18/h1-15H,16H2. The summed E-state index contributed by atoms with van der Waals surface area (Å²) in [6.07, 6.45) is 1.58. The number of rotatable bonds is 4. The maximum absolute atomic E-state index is 13.9. The summed E-state index contributed by atoms with van der Waals surface area (Å²) in [5.74, 6) is 0. The van der Waals surface area contributed by atoms with Crippen molar-refractivity contribution in [3.8, 4) is 16.1 Å². The average Bonchev–Trinajstić information content (AvgIpc) is 3.33. The summed E-state index contributed by atoms with van der Waals surface area (Å²) in [6, 6.07) is 26.2.